The minimum absolute atomic E-state index is 0.0458. The lowest BCUT2D eigenvalue weighted by atomic mass is 10.1. The number of carbonyl (C=O) groups excluding carboxylic acids is 3. The van der Waals surface area contributed by atoms with E-state index in [9.17, 15) is 14.4 Å². The lowest BCUT2D eigenvalue weighted by Gasteiger charge is -2.21. The van der Waals surface area contributed by atoms with E-state index in [-0.39, 0.29) is 30.7 Å². The second-order valence-electron chi connectivity index (χ2n) is 6.25. The Hall–Kier alpha value is -3.35. The van der Waals surface area contributed by atoms with E-state index in [1.165, 1.54) is 25.9 Å². The largest absolute Gasteiger partial charge is 0.493 e. The number of rotatable bonds is 8. The van der Waals surface area contributed by atoms with Gasteiger partial charge in [-0.25, -0.2) is 0 Å². The number of anilines is 1. The summed E-state index contributed by atoms with van der Waals surface area (Å²) in [6, 6.07) is 11.9. The van der Waals surface area contributed by atoms with Gasteiger partial charge in [-0.15, -0.1) is 0 Å². The fourth-order valence-corrected chi connectivity index (χ4v) is 2.64. The molecule has 0 saturated heterocycles. The van der Waals surface area contributed by atoms with Crippen molar-refractivity contribution in [3.63, 3.8) is 0 Å². The molecule has 0 spiro atoms. The molecular weight excluding hydrogens is 360 g/mol. The van der Waals surface area contributed by atoms with Gasteiger partial charge in [0.2, 0.25) is 11.8 Å². The van der Waals surface area contributed by atoms with E-state index in [1.54, 1.807) is 43.5 Å². The molecule has 0 aliphatic heterocycles. The van der Waals surface area contributed by atoms with Crippen LogP contribution in [-0.4, -0.2) is 43.3 Å². The van der Waals surface area contributed by atoms with Crippen LogP contribution in [0, 0.1) is 0 Å². The summed E-state index contributed by atoms with van der Waals surface area (Å²) in [5, 5.41) is 2.73. The number of amides is 2. The molecule has 0 saturated carbocycles. The van der Waals surface area contributed by atoms with Crippen LogP contribution >= 0.6 is 0 Å². The number of methoxy groups -OCH3 is 2. The fourth-order valence-electron chi connectivity index (χ4n) is 2.64. The first-order chi connectivity index (χ1) is 13.3. The molecular formula is C21H24N2O5. The Kier molecular flexibility index (Phi) is 7.14. The Labute approximate surface area is 164 Å². The number of ketones is 1. The predicted octanol–water partition coefficient (Wildman–Crippen LogP) is 2.89. The van der Waals surface area contributed by atoms with Crippen LogP contribution in [0.15, 0.2) is 42.5 Å². The number of nitrogens with one attached hydrogen (secondary N) is 1. The number of ether oxygens (including phenoxy) is 2. The van der Waals surface area contributed by atoms with Crippen LogP contribution in [0.3, 0.4) is 0 Å². The van der Waals surface area contributed by atoms with Crippen LogP contribution in [0.4, 0.5) is 5.69 Å². The van der Waals surface area contributed by atoms with E-state index >= 15 is 0 Å². The van der Waals surface area contributed by atoms with Crippen molar-refractivity contribution >= 4 is 23.3 Å². The Morgan fingerprint density at radius 2 is 1.57 bits per heavy atom. The average molecular weight is 384 g/mol. The summed E-state index contributed by atoms with van der Waals surface area (Å²) < 4.78 is 10.5. The van der Waals surface area contributed by atoms with Gasteiger partial charge in [-0.05, 0) is 48.9 Å². The molecule has 0 aliphatic carbocycles. The van der Waals surface area contributed by atoms with Gasteiger partial charge < -0.3 is 19.7 Å². The third-order valence-electron chi connectivity index (χ3n) is 4.18. The molecule has 0 radical (unpaired) electrons. The van der Waals surface area contributed by atoms with Crippen molar-refractivity contribution in [3.05, 3.63) is 53.6 Å². The zero-order valence-electron chi connectivity index (χ0n) is 16.4. The van der Waals surface area contributed by atoms with Gasteiger partial charge in [0.15, 0.2) is 17.3 Å². The van der Waals surface area contributed by atoms with Gasteiger partial charge in [0, 0.05) is 24.7 Å². The first-order valence-electron chi connectivity index (χ1n) is 8.71. The first-order valence-corrected chi connectivity index (χ1v) is 8.71. The third kappa shape index (κ3) is 5.57. The summed E-state index contributed by atoms with van der Waals surface area (Å²) in [7, 11) is 3.09. The Morgan fingerprint density at radius 3 is 2.11 bits per heavy atom. The van der Waals surface area contributed by atoms with E-state index in [0.717, 1.165) is 5.56 Å². The van der Waals surface area contributed by atoms with Gasteiger partial charge in [-0.1, -0.05) is 6.07 Å². The van der Waals surface area contributed by atoms with Gasteiger partial charge in [0.1, 0.15) is 6.54 Å². The van der Waals surface area contributed by atoms with E-state index in [1.807, 2.05) is 6.07 Å². The number of Topliss-reactive ketones (excluding diaryl/α,β-unsaturated/α-hetero) is 1. The molecule has 7 nitrogen and oxygen atoms in total. The summed E-state index contributed by atoms with van der Waals surface area (Å²) >= 11 is 0. The van der Waals surface area contributed by atoms with Crippen LogP contribution in [0.2, 0.25) is 0 Å². The van der Waals surface area contributed by atoms with Crippen molar-refractivity contribution in [3.8, 4) is 11.5 Å². The standard InChI is InChI=1S/C21H24N2O5/c1-14(24)17-6-8-18(9-7-17)22-21(26)13-23(15(2)25)12-16-5-10-19(27-3)20(11-16)28-4/h5-11H,12-13H2,1-4H3,(H,22,26). The quantitative estimate of drug-likeness (QED) is 0.708. The summed E-state index contributed by atoms with van der Waals surface area (Å²) in [6.07, 6.45) is 0. The van der Waals surface area contributed by atoms with Gasteiger partial charge in [0.25, 0.3) is 0 Å². The predicted molar refractivity (Wildman–Crippen MR) is 106 cm³/mol. The van der Waals surface area contributed by atoms with E-state index in [4.69, 9.17) is 9.47 Å². The lowest BCUT2D eigenvalue weighted by Crippen LogP contribution is -2.36. The van der Waals surface area contributed by atoms with Crippen molar-refractivity contribution in [1.29, 1.82) is 0 Å². The highest BCUT2D eigenvalue weighted by Gasteiger charge is 2.16. The summed E-state index contributed by atoms with van der Waals surface area (Å²) in [4.78, 5) is 37.1. The molecule has 0 aromatic heterocycles. The van der Waals surface area contributed by atoms with Crippen LogP contribution in [0.5, 0.6) is 11.5 Å². The fraction of sp³-hybridized carbons (Fsp3) is 0.286. The maximum absolute atomic E-state index is 12.3. The zero-order valence-corrected chi connectivity index (χ0v) is 16.4. The van der Waals surface area contributed by atoms with E-state index in [2.05, 4.69) is 5.32 Å². The van der Waals surface area contributed by atoms with Gasteiger partial charge in [0.05, 0.1) is 14.2 Å². The number of nitrogens with zero attached hydrogens (tertiary/aromatic N) is 1. The monoisotopic (exact) mass is 384 g/mol. The molecule has 1 N–H and O–H groups in total. The molecule has 0 bridgehead atoms. The second-order valence-corrected chi connectivity index (χ2v) is 6.25. The van der Waals surface area contributed by atoms with E-state index in [0.29, 0.717) is 22.7 Å². The Morgan fingerprint density at radius 1 is 0.929 bits per heavy atom. The molecule has 2 amide bonds. The maximum atomic E-state index is 12.3. The Balaban J connectivity index is 2.05. The molecule has 0 aliphatic rings. The molecule has 2 rings (SSSR count). The highest BCUT2D eigenvalue weighted by molar-refractivity contribution is 5.96. The second kappa shape index (κ2) is 9.55. The van der Waals surface area contributed by atoms with Crippen LogP contribution < -0.4 is 14.8 Å². The normalized spacial score (nSPS) is 10.1. The van der Waals surface area contributed by atoms with Gasteiger partial charge >= 0.3 is 0 Å². The first kappa shape index (κ1) is 21.0. The SMILES string of the molecule is COc1ccc(CN(CC(=O)Nc2ccc(C(C)=O)cc2)C(C)=O)cc1OC. The summed E-state index contributed by atoms with van der Waals surface area (Å²) in [5.41, 5.74) is 1.94. The molecule has 0 heterocycles. The number of hydrogen-bond donors (Lipinski definition) is 1. The van der Waals surface area contributed by atoms with Crippen LogP contribution in [-0.2, 0) is 16.1 Å². The molecule has 0 fully saturated rings. The zero-order chi connectivity index (χ0) is 20.7. The Bertz CT molecular complexity index is 862. The third-order valence-corrected chi connectivity index (χ3v) is 4.18. The average Bonchev–Trinajstić information content (AvgIpc) is 2.67. The molecule has 2 aromatic carbocycles. The van der Waals surface area contributed by atoms with Crippen LogP contribution in [0.25, 0.3) is 0 Å². The van der Waals surface area contributed by atoms with Crippen molar-refractivity contribution in [1.82, 2.24) is 4.90 Å². The minimum Gasteiger partial charge on any atom is -0.493 e. The van der Waals surface area contributed by atoms with Crippen molar-refractivity contribution in [2.24, 2.45) is 0 Å². The van der Waals surface area contributed by atoms with Gasteiger partial charge in [-0.2, -0.15) is 0 Å². The number of carbonyl (C=O) groups is 3. The molecule has 148 valence electrons. The molecule has 28 heavy (non-hydrogen) atoms. The van der Waals surface area contributed by atoms with Gasteiger partial charge in [-0.3, -0.25) is 14.4 Å². The topological polar surface area (TPSA) is 84.9 Å². The van der Waals surface area contributed by atoms with Crippen LogP contribution in [0.1, 0.15) is 29.8 Å². The lowest BCUT2D eigenvalue weighted by molar-refractivity contribution is -0.133. The molecule has 0 atom stereocenters. The van der Waals surface area contributed by atoms with Crippen molar-refractivity contribution < 1.29 is 23.9 Å². The minimum atomic E-state index is -0.328. The highest BCUT2D eigenvalue weighted by Crippen LogP contribution is 2.28. The highest BCUT2D eigenvalue weighted by atomic mass is 16.5. The molecule has 7 heteroatoms. The van der Waals surface area contributed by atoms with Crippen molar-refractivity contribution in [2.45, 2.75) is 20.4 Å². The smallest absolute Gasteiger partial charge is 0.244 e. The summed E-state index contributed by atoms with van der Waals surface area (Å²) in [5.74, 6) is 0.546. The van der Waals surface area contributed by atoms with Crippen molar-refractivity contribution in [2.75, 3.05) is 26.1 Å². The van der Waals surface area contributed by atoms with E-state index < -0.39 is 0 Å². The summed E-state index contributed by atoms with van der Waals surface area (Å²) in [6.45, 7) is 3.05. The molecule has 2 aromatic rings. The number of benzene rings is 2. The number of hydrogen-bond acceptors (Lipinski definition) is 5. The maximum Gasteiger partial charge on any atom is 0.244 e. The molecule has 0 unspecified atom stereocenters.